The van der Waals surface area contributed by atoms with Gasteiger partial charge in [0, 0.05) is 12.1 Å². The number of carbonyl (C=O) groups excluding carboxylic acids is 1. The molecule has 2 heterocycles. The lowest BCUT2D eigenvalue weighted by Crippen LogP contribution is -2.43. The molecule has 144 valence electrons. The number of fused-ring (bicyclic) bond motifs is 1. The zero-order valence-corrected chi connectivity index (χ0v) is 15.8. The van der Waals surface area contributed by atoms with Gasteiger partial charge in [-0.05, 0) is 56.4 Å². The lowest BCUT2D eigenvalue weighted by molar-refractivity contribution is -0.119. The summed E-state index contributed by atoms with van der Waals surface area (Å²) in [5.74, 6) is 0.542. The first-order valence-electron chi connectivity index (χ1n) is 8.95. The quantitative estimate of drug-likeness (QED) is 0.836. The Labute approximate surface area is 157 Å². The second kappa shape index (κ2) is 6.97. The van der Waals surface area contributed by atoms with E-state index in [1.54, 1.807) is 12.1 Å². The minimum absolute atomic E-state index is 0.142. The number of benzene rings is 1. The summed E-state index contributed by atoms with van der Waals surface area (Å²) in [5, 5.41) is 6.72. The van der Waals surface area contributed by atoms with E-state index >= 15 is 0 Å². The molecule has 0 spiro atoms. The number of carbonyl (C=O) groups is 1. The minimum atomic E-state index is -3.78. The van der Waals surface area contributed by atoms with Gasteiger partial charge in [-0.1, -0.05) is 5.16 Å². The van der Waals surface area contributed by atoms with Crippen molar-refractivity contribution in [1.29, 1.82) is 0 Å². The first-order valence-corrected chi connectivity index (χ1v) is 10.4. The van der Waals surface area contributed by atoms with E-state index in [1.165, 1.54) is 23.5 Å². The standard InChI is InChI=1S/C18H21N3O5S/c1-25-12-7-9-13(10-8-12)27(23,24)21-11-3-6-16(21)17(22)19-18-14-4-2-5-15(14)20-26-18/h7-10,16H,2-6,11H2,1H3,(H,19,22)/t16-/m0/s1. The average molecular weight is 391 g/mol. The van der Waals surface area contributed by atoms with E-state index < -0.39 is 16.1 Å². The highest BCUT2D eigenvalue weighted by Gasteiger charge is 2.40. The number of sulfonamides is 1. The van der Waals surface area contributed by atoms with Crippen molar-refractivity contribution < 1.29 is 22.5 Å². The summed E-state index contributed by atoms with van der Waals surface area (Å²) in [4.78, 5) is 12.9. The zero-order valence-electron chi connectivity index (χ0n) is 15.0. The van der Waals surface area contributed by atoms with Gasteiger partial charge in [-0.25, -0.2) is 8.42 Å². The average Bonchev–Trinajstić information content (AvgIpc) is 3.40. The van der Waals surface area contributed by atoms with Gasteiger partial charge in [0.25, 0.3) is 0 Å². The Bertz CT molecular complexity index is 952. The summed E-state index contributed by atoms with van der Waals surface area (Å²) in [6, 6.07) is 5.40. The fraction of sp³-hybridized carbons (Fsp3) is 0.444. The molecule has 0 radical (unpaired) electrons. The van der Waals surface area contributed by atoms with Crippen molar-refractivity contribution in [2.45, 2.75) is 43.0 Å². The molecule has 1 saturated heterocycles. The molecule has 0 unspecified atom stereocenters. The highest BCUT2D eigenvalue weighted by atomic mass is 32.2. The first kappa shape index (κ1) is 18.0. The predicted octanol–water partition coefficient (Wildman–Crippen LogP) is 1.96. The molecule has 1 atom stereocenters. The van der Waals surface area contributed by atoms with Crippen molar-refractivity contribution >= 4 is 21.8 Å². The predicted molar refractivity (Wildman–Crippen MR) is 97.1 cm³/mol. The van der Waals surface area contributed by atoms with Crippen LogP contribution in [0, 0.1) is 0 Å². The molecular weight excluding hydrogens is 370 g/mol. The van der Waals surface area contributed by atoms with Crippen LogP contribution in [0.2, 0.25) is 0 Å². The summed E-state index contributed by atoms with van der Waals surface area (Å²) in [5.41, 5.74) is 1.80. The van der Waals surface area contributed by atoms with Gasteiger partial charge in [-0.2, -0.15) is 4.31 Å². The molecule has 1 aliphatic heterocycles. The smallest absolute Gasteiger partial charge is 0.245 e. The Hall–Kier alpha value is -2.39. The number of amides is 1. The molecule has 4 rings (SSSR count). The number of nitrogens with zero attached hydrogens (tertiary/aromatic N) is 2. The summed E-state index contributed by atoms with van der Waals surface area (Å²) in [6.07, 6.45) is 3.74. The van der Waals surface area contributed by atoms with Gasteiger partial charge >= 0.3 is 0 Å². The Morgan fingerprint density at radius 1 is 1.26 bits per heavy atom. The van der Waals surface area contributed by atoms with E-state index in [4.69, 9.17) is 9.26 Å². The Morgan fingerprint density at radius 3 is 2.78 bits per heavy atom. The van der Waals surface area contributed by atoms with Gasteiger partial charge in [0.15, 0.2) is 0 Å². The number of hydrogen-bond acceptors (Lipinski definition) is 6. The highest BCUT2D eigenvalue weighted by Crippen LogP contribution is 2.31. The van der Waals surface area contributed by atoms with E-state index in [0.29, 0.717) is 31.0 Å². The second-order valence-electron chi connectivity index (χ2n) is 6.73. The highest BCUT2D eigenvalue weighted by molar-refractivity contribution is 7.89. The molecule has 2 aliphatic rings. The lowest BCUT2D eigenvalue weighted by Gasteiger charge is -2.23. The molecule has 27 heavy (non-hydrogen) atoms. The fourth-order valence-corrected chi connectivity index (χ4v) is 5.35. The van der Waals surface area contributed by atoms with Crippen LogP contribution >= 0.6 is 0 Å². The van der Waals surface area contributed by atoms with E-state index in [0.717, 1.165) is 30.5 Å². The molecule has 1 aromatic heterocycles. The maximum atomic E-state index is 13.0. The van der Waals surface area contributed by atoms with Crippen molar-refractivity contribution in [2.24, 2.45) is 0 Å². The van der Waals surface area contributed by atoms with E-state index in [9.17, 15) is 13.2 Å². The van der Waals surface area contributed by atoms with Crippen LogP contribution in [0.3, 0.4) is 0 Å². The zero-order chi connectivity index (χ0) is 19.0. The summed E-state index contributed by atoms with van der Waals surface area (Å²) in [7, 11) is -2.26. The van der Waals surface area contributed by atoms with Crippen molar-refractivity contribution in [3.05, 3.63) is 35.5 Å². The maximum absolute atomic E-state index is 13.0. The molecular formula is C18H21N3O5S. The molecule has 0 saturated carbocycles. The molecule has 1 aromatic carbocycles. The normalized spacial score (nSPS) is 19.8. The number of ether oxygens (including phenoxy) is 1. The number of nitrogens with one attached hydrogen (secondary N) is 1. The molecule has 9 heteroatoms. The van der Waals surface area contributed by atoms with Crippen molar-refractivity contribution in [3.8, 4) is 5.75 Å². The monoisotopic (exact) mass is 391 g/mol. The minimum Gasteiger partial charge on any atom is -0.497 e. The second-order valence-corrected chi connectivity index (χ2v) is 8.62. The topological polar surface area (TPSA) is 102 Å². The molecule has 8 nitrogen and oxygen atoms in total. The maximum Gasteiger partial charge on any atom is 0.245 e. The van der Waals surface area contributed by atoms with Crippen LogP contribution in [0.25, 0.3) is 0 Å². The first-order chi connectivity index (χ1) is 13.0. The summed E-state index contributed by atoms with van der Waals surface area (Å²) in [6.45, 7) is 0.307. The molecule has 0 bridgehead atoms. The van der Waals surface area contributed by atoms with Crippen LogP contribution in [-0.2, 0) is 27.7 Å². The SMILES string of the molecule is COc1ccc(S(=O)(=O)N2CCC[C@H]2C(=O)Nc2onc3c2CCC3)cc1. The largest absolute Gasteiger partial charge is 0.497 e. The summed E-state index contributed by atoms with van der Waals surface area (Å²) >= 11 is 0. The molecule has 1 fully saturated rings. The third-order valence-electron chi connectivity index (χ3n) is 5.12. The number of aryl methyl sites for hydroxylation is 1. The van der Waals surface area contributed by atoms with Crippen LogP contribution in [0.1, 0.15) is 30.5 Å². The number of methoxy groups -OCH3 is 1. The molecule has 1 aliphatic carbocycles. The van der Waals surface area contributed by atoms with Gasteiger partial charge in [-0.3, -0.25) is 10.1 Å². The Morgan fingerprint density at radius 2 is 2.04 bits per heavy atom. The third-order valence-corrected chi connectivity index (χ3v) is 7.04. The van der Waals surface area contributed by atoms with Gasteiger partial charge in [0.05, 0.1) is 17.7 Å². The molecule has 2 aromatic rings. The van der Waals surface area contributed by atoms with Crippen molar-refractivity contribution in [1.82, 2.24) is 9.46 Å². The molecule has 1 amide bonds. The van der Waals surface area contributed by atoms with E-state index in [2.05, 4.69) is 10.5 Å². The van der Waals surface area contributed by atoms with E-state index in [1.807, 2.05) is 0 Å². The molecule has 1 N–H and O–H groups in total. The van der Waals surface area contributed by atoms with Crippen molar-refractivity contribution in [2.75, 3.05) is 19.0 Å². The summed E-state index contributed by atoms with van der Waals surface area (Å²) < 4.78 is 37.6. The van der Waals surface area contributed by atoms with Gasteiger partial charge in [0.1, 0.15) is 11.8 Å². The number of aromatic nitrogens is 1. The number of hydrogen-bond donors (Lipinski definition) is 1. The fourth-order valence-electron chi connectivity index (χ4n) is 3.70. The number of anilines is 1. The van der Waals surface area contributed by atoms with Crippen LogP contribution in [0.4, 0.5) is 5.88 Å². The van der Waals surface area contributed by atoms with Crippen LogP contribution in [0.5, 0.6) is 5.75 Å². The van der Waals surface area contributed by atoms with Crippen LogP contribution < -0.4 is 10.1 Å². The third kappa shape index (κ3) is 3.21. The Kier molecular flexibility index (Phi) is 4.65. The number of rotatable bonds is 5. The van der Waals surface area contributed by atoms with Gasteiger partial charge in [0.2, 0.25) is 21.8 Å². The lowest BCUT2D eigenvalue weighted by atomic mass is 10.2. The van der Waals surface area contributed by atoms with Gasteiger partial charge in [-0.15, -0.1) is 0 Å². The van der Waals surface area contributed by atoms with E-state index in [-0.39, 0.29) is 10.8 Å². The van der Waals surface area contributed by atoms with Crippen LogP contribution in [-0.4, -0.2) is 43.5 Å². The Balaban J connectivity index is 1.54. The van der Waals surface area contributed by atoms with Gasteiger partial charge < -0.3 is 9.26 Å². The van der Waals surface area contributed by atoms with Crippen LogP contribution in [0.15, 0.2) is 33.7 Å². The van der Waals surface area contributed by atoms with Crippen molar-refractivity contribution in [3.63, 3.8) is 0 Å².